The maximum atomic E-state index is 14.1. The number of nitrogens with one attached hydrogen (secondary N) is 2. The number of halogens is 4. The summed E-state index contributed by atoms with van der Waals surface area (Å²) in [5.41, 5.74) is 1.99. The van der Waals surface area contributed by atoms with Gasteiger partial charge in [-0.25, -0.2) is 8.78 Å². The number of anilines is 1. The van der Waals surface area contributed by atoms with Crippen LogP contribution in [0.4, 0.5) is 14.5 Å². The zero-order valence-electron chi connectivity index (χ0n) is 23.4. The summed E-state index contributed by atoms with van der Waals surface area (Å²) in [5, 5.41) is 13.1. The van der Waals surface area contributed by atoms with Gasteiger partial charge in [0.15, 0.2) is 4.87 Å². The highest BCUT2D eigenvalue weighted by molar-refractivity contribution is 7.99. The standard InChI is InChI=1S/C35H23Cl2F2N3O2S/c36-30-26(45-24-9-5-2-6-10-24)19-25-28(27(30)21-11-15-34(37,20-40)16-12-21)29(33(44)41-23-7-3-1-4-8-23)31(42-25)32(43)22-13-17-35(38,39)18-14-22/h1-15,17,19,42H,16,18H2,(H,41,44). The molecule has 2 aliphatic rings. The number of carbonyl (C=O) groups excluding carboxylic acids is 2. The van der Waals surface area contributed by atoms with Crippen LogP contribution in [-0.2, 0) is 0 Å². The summed E-state index contributed by atoms with van der Waals surface area (Å²) in [6.07, 6.45) is 7.51. The number of nitrogens with zero attached hydrogens (tertiary/aromatic N) is 1. The quantitative estimate of drug-likeness (QED) is 0.153. The molecule has 4 aromatic rings. The van der Waals surface area contributed by atoms with Crippen molar-refractivity contribution in [1.29, 1.82) is 5.26 Å². The van der Waals surface area contributed by atoms with Gasteiger partial charge in [0.25, 0.3) is 11.8 Å². The van der Waals surface area contributed by atoms with Crippen LogP contribution in [0.1, 0.15) is 39.3 Å². The Kier molecular flexibility index (Phi) is 8.27. The molecule has 0 saturated carbocycles. The number of nitriles is 1. The highest BCUT2D eigenvalue weighted by atomic mass is 35.5. The third-order valence-corrected chi connectivity index (χ3v) is 9.35. The Bertz CT molecular complexity index is 2010. The lowest BCUT2D eigenvalue weighted by Gasteiger charge is -2.20. The molecule has 45 heavy (non-hydrogen) atoms. The number of hydrogen-bond donors (Lipinski definition) is 2. The van der Waals surface area contributed by atoms with Crippen molar-refractivity contribution < 1.29 is 18.4 Å². The molecular formula is C35H23Cl2F2N3O2S. The van der Waals surface area contributed by atoms with Gasteiger partial charge < -0.3 is 10.3 Å². The normalized spacial score (nSPS) is 18.6. The molecule has 0 spiro atoms. The van der Waals surface area contributed by atoms with Gasteiger partial charge in [0.05, 0.1) is 16.7 Å². The van der Waals surface area contributed by atoms with E-state index in [1.165, 1.54) is 17.8 Å². The minimum absolute atomic E-state index is 0.0101. The molecule has 224 valence electrons. The zero-order valence-corrected chi connectivity index (χ0v) is 25.7. The minimum atomic E-state index is -3.07. The van der Waals surface area contributed by atoms with E-state index in [0.29, 0.717) is 43.7 Å². The first kappa shape index (κ1) is 30.6. The Labute approximate surface area is 271 Å². The number of rotatable bonds is 7. The van der Waals surface area contributed by atoms with Crippen molar-refractivity contribution in [3.63, 3.8) is 0 Å². The van der Waals surface area contributed by atoms with Gasteiger partial charge in [-0.15, -0.1) is 0 Å². The van der Waals surface area contributed by atoms with E-state index in [-0.39, 0.29) is 23.3 Å². The smallest absolute Gasteiger partial charge is 0.270 e. The summed E-state index contributed by atoms with van der Waals surface area (Å²) in [7, 11) is 0. The maximum absolute atomic E-state index is 14.1. The zero-order chi connectivity index (χ0) is 31.8. The molecule has 2 N–H and O–H groups in total. The van der Waals surface area contributed by atoms with Gasteiger partial charge in [-0.3, -0.25) is 9.59 Å². The van der Waals surface area contributed by atoms with Gasteiger partial charge in [0, 0.05) is 50.4 Å². The molecule has 1 unspecified atom stereocenters. The summed E-state index contributed by atoms with van der Waals surface area (Å²) in [4.78, 5) is 31.5. The second-order valence-corrected chi connectivity index (χ2v) is 12.7. The fourth-order valence-corrected chi connectivity index (χ4v) is 6.61. The molecule has 2 aliphatic carbocycles. The number of benzene rings is 3. The number of para-hydroxylation sites is 1. The average Bonchev–Trinajstić information content (AvgIpc) is 3.42. The first-order valence-corrected chi connectivity index (χ1v) is 15.4. The van der Waals surface area contributed by atoms with Crippen molar-refractivity contribution in [2.75, 3.05) is 5.32 Å². The number of alkyl halides is 3. The summed E-state index contributed by atoms with van der Waals surface area (Å²) < 4.78 is 27.8. The van der Waals surface area contributed by atoms with Gasteiger partial charge in [0.1, 0.15) is 5.69 Å². The van der Waals surface area contributed by atoms with Gasteiger partial charge in [0.2, 0.25) is 5.78 Å². The number of carbonyl (C=O) groups is 2. The molecule has 1 aromatic heterocycles. The Morgan fingerprint density at radius 1 is 0.978 bits per heavy atom. The van der Waals surface area contributed by atoms with E-state index in [9.17, 15) is 23.6 Å². The highest BCUT2D eigenvalue weighted by Crippen LogP contribution is 2.46. The number of allylic oxidation sites excluding steroid dienone is 8. The topological polar surface area (TPSA) is 85.8 Å². The predicted molar refractivity (Wildman–Crippen MR) is 175 cm³/mol. The second kappa shape index (κ2) is 12.2. The van der Waals surface area contributed by atoms with Gasteiger partial charge >= 0.3 is 0 Å². The Morgan fingerprint density at radius 2 is 1.69 bits per heavy atom. The summed E-state index contributed by atoms with van der Waals surface area (Å²) in [6.45, 7) is 0. The van der Waals surface area contributed by atoms with E-state index in [0.717, 1.165) is 11.0 Å². The lowest BCUT2D eigenvalue weighted by atomic mass is 9.90. The van der Waals surface area contributed by atoms with Gasteiger partial charge in [-0.2, -0.15) is 5.26 Å². The van der Waals surface area contributed by atoms with Crippen LogP contribution in [0.25, 0.3) is 16.5 Å². The average molecular weight is 659 g/mol. The Hall–Kier alpha value is -4.42. The third kappa shape index (κ3) is 6.25. The van der Waals surface area contributed by atoms with Crippen molar-refractivity contribution >= 4 is 68.8 Å². The number of aromatic nitrogens is 1. The molecule has 1 atom stereocenters. The first-order chi connectivity index (χ1) is 21.6. The summed E-state index contributed by atoms with van der Waals surface area (Å²) in [5.74, 6) is -4.28. The lowest BCUT2D eigenvalue weighted by molar-refractivity contribution is 0.0570. The van der Waals surface area contributed by atoms with Crippen molar-refractivity contribution in [2.24, 2.45) is 0 Å². The monoisotopic (exact) mass is 657 g/mol. The molecule has 0 radical (unpaired) electrons. The van der Waals surface area contributed by atoms with Crippen molar-refractivity contribution in [3.8, 4) is 6.07 Å². The molecule has 1 amide bonds. The number of aromatic amines is 1. The second-order valence-electron chi connectivity index (χ2n) is 10.6. The van der Waals surface area contributed by atoms with Crippen LogP contribution in [0.3, 0.4) is 0 Å². The molecule has 0 aliphatic heterocycles. The minimum Gasteiger partial charge on any atom is -0.351 e. The summed E-state index contributed by atoms with van der Waals surface area (Å²) >= 11 is 15.0. The van der Waals surface area contributed by atoms with Gasteiger partial charge in [-0.1, -0.05) is 89.6 Å². The number of fused-ring (bicyclic) bond motifs is 1. The number of ketones is 1. The molecule has 1 heterocycles. The molecule has 0 saturated heterocycles. The van der Waals surface area contributed by atoms with Crippen LogP contribution in [0.2, 0.25) is 5.02 Å². The Morgan fingerprint density at radius 3 is 2.31 bits per heavy atom. The van der Waals surface area contributed by atoms with Crippen molar-refractivity contribution in [3.05, 3.63) is 131 Å². The molecule has 0 fully saturated rings. The number of amides is 1. The highest BCUT2D eigenvalue weighted by Gasteiger charge is 2.33. The van der Waals surface area contributed by atoms with Crippen molar-refractivity contribution in [1.82, 2.24) is 4.98 Å². The fraction of sp³-hybridized carbons (Fsp3) is 0.114. The third-order valence-electron chi connectivity index (χ3n) is 7.43. The van der Waals surface area contributed by atoms with Crippen LogP contribution in [0, 0.1) is 11.3 Å². The molecule has 10 heteroatoms. The molecule has 5 nitrogen and oxygen atoms in total. The van der Waals surface area contributed by atoms with Crippen LogP contribution in [-0.4, -0.2) is 27.5 Å². The fourth-order valence-electron chi connectivity index (χ4n) is 5.18. The van der Waals surface area contributed by atoms with E-state index < -0.39 is 28.9 Å². The summed E-state index contributed by atoms with van der Waals surface area (Å²) in [6, 6.07) is 22.1. The van der Waals surface area contributed by atoms with Gasteiger partial charge in [-0.05, 0) is 54.1 Å². The SMILES string of the molecule is N#CC1(Cl)C=CC(c2c(Cl)c(Sc3ccccc3)cc3[nH]c(C(=O)C4=CCC(F)(F)C=C4)c(C(=O)Nc4ccccc4)c23)=CC1. The molecule has 3 aromatic carbocycles. The predicted octanol–water partition coefficient (Wildman–Crippen LogP) is 9.77. The van der Waals surface area contributed by atoms with E-state index in [1.54, 1.807) is 54.6 Å². The van der Waals surface area contributed by atoms with E-state index in [2.05, 4.69) is 16.4 Å². The van der Waals surface area contributed by atoms with Crippen LogP contribution in [0.5, 0.6) is 0 Å². The van der Waals surface area contributed by atoms with Crippen molar-refractivity contribution in [2.45, 2.75) is 33.4 Å². The lowest BCUT2D eigenvalue weighted by Crippen LogP contribution is -2.19. The van der Waals surface area contributed by atoms with Crippen LogP contribution >= 0.6 is 35.0 Å². The van der Waals surface area contributed by atoms with E-state index >= 15 is 0 Å². The Balaban J connectivity index is 1.59. The number of Topliss-reactive ketones (excluding diaryl/α,β-unsaturated/α-hetero) is 1. The number of H-pyrrole nitrogens is 1. The van der Waals surface area contributed by atoms with E-state index in [1.807, 2.05) is 30.3 Å². The first-order valence-electron chi connectivity index (χ1n) is 13.9. The van der Waals surface area contributed by atoms with Crippen LogP contribution in [0.15, 0.2) is 119 Å². The van der Waals surface area contributed by atoms with Crippen LogP contribution < -0.4 is 5.32 Å². The van der Waals surface area contributed by atoms with E-state index in [4.69, 9.17) is 23.2 Å². The molecular weight excluding hydrogens is 635 g/mol. The molecule has 6 rings (SSSR count). The number of hydrogen-bond acceptors (Lipinski definition) is 4. The maximum Gasteiger partial charge on any atom is 0.270 e. The largest absolute Gasteiger partial charge is 0.351 e. The molecule has 0 bridgehead atoms.